The minimum absolute atomic E-state index is 0.173. The van der Waals surface area contributed by atoms with E-state index in [0.29, 0.717) is 6.42 Å². The smallest absolute Gasteiger partial charge is 0.219 e. The number of hydrogen-bond acceptors (Lipinski definition) is 4. The predicted octanol–water partition coefficient (Wildman–Crippen LogP) is 0.392. The van der Waals surface area contributed by atoms with Crippen LogP contribution in [0.5, 0.6) is 5.75 Å². The number of hydroxylamine groups is 1. The molecular weight excluding hydrogens is 170 g/mol. The number of benzene rings is 1. The molecule has 3 N–H and O–H groups in total. The highest BCUT2D eigenvalue weighted by atomic mass is 16.5. The van der Waals surface area contributed by atoms with E-state index in [9.17, 15) is 4.79 Å². The van der Waals surface area contributed by atoms with Crippen molar-refractivity contribution < 1.29 is 15.1 Å². The first-order chi connectivity index (χ1) is 6.26. The average Bonchev–Trinajstić information content (AvgIpc) is 2.17. The van der Waals surface area contributed by atoms with Crippen LogP contribution in [0.2, 0.25) is 0 Å². The lowest BCUT2D eigenvalue weighted by Crippen LogP contribution is -2.29. The van der Waals surface area contributed by atoms with Gasteiger partial charge in [-0.1, -0.05) is 12.1 Å². The van der Waals surface area contributed by atoms with E-state index in [1.165, 1.54) is 12.1 Å². The lowest BCUT2D eigenvalue weighted by Gasteiger charge is -2.06. The minimum Gasteiger partial charge on any atom is -0.508 e. The van der Waals surface area contributed by atoms with Gasteiger partial charge in [0.2, 0.25) is 6.29 Å². The van der Waals surface area contributed by atoms with Crippen molar-refractivity contribution in [2.75, 3.05) is 0 Å². The zero-order chi connectivity index (χ0) is 9.68. The summed E-state index contributed by atoms with van der Waals surface area (Å²) < 4.78 is 0. The van der Waals surface area contributed by atoms with E-state index in [4.69, 9.17) is 10.3 Å². The van der Waals surface area contributed by atoms with Gasteiger partial charge in [-0.2, -0.15) is 5.48 Å². The summed E-state index contributed by atoms with van der Waals surface area (Å²) in [5, 5.41) is 17.4. The molecule has 1 rings (SSSR count). The molecule has 0 bridgehead atoms. The second-order valence-corrected chi connectivity index (χ2v) is 2.67. The van der Waals surface area contributed by atoms with Gasteiger partial charge in [0.25, 0.3) is 0 Å². The van der Waals surface area contributed by atoms with Crippen molar-refractivity contribution in [3.05, 3.63) is 29.8 Å². The van der Waals surface area contributed by atoms with Crippen molar-refractivity contribution in [3.63, 3.8) is 0 Å². The van der Waals surface area contributed by atoms with Gasteiger partial charge in [0.15, 0.2) is 0 Å². The fraction of sp³-hybridized carbons (Fsp3) is 0.222. The Morgan fingerprint density at radius 2 is 2.00 bits per heavy atom. The van der Waals surface area contributed by atoms with Crippen molar-refractivity contribution in [1.82, 2.24) is 5.48 Å². The molecule has 4 heteroatoms. The molecule has 13 heavy (non-hydrogen) atoms. The molecule has 0 aliphatic heterocycles. The molecule has 0 aliphatic carbocycles. The second kappa shape index (κ2) is 4.59. The minimum atomic E-state index is -0.718. The second-order valence-electron chi connectivity index (χ2n) is 2.67. The van der Waals surface area contributed by atoms with Crippen LogP contribution in [0.15, 0.2) is 24.3 Å². The lowest BCUT2D eigenvalue weighted by atomic mass is 10.1. The van der Waals surface area contributed by atoms with Crippen LogP contribution >= 0.6 is 0 Å². The van der Waals surface area contributed by atoms with Crippen molar-refractivity contribution in [3.8, 4) is 5.75 Å². The van der Waals surface area contributed by atoms with E-state index >= 15 is 0 Å². The molecule has 0 spiro atoms. The van der Waals surface area contributed by atoms with Gasteiger partial charge in [0, 0.05) is 0 Å². The Labute approximate surface area is 75.8 Å². The van der Waals surface area contributed by atoms with Crippen LogP contribution in [-0.4, -0.2) is 22.6 Å². The number of aromatic hydroxyl groups is 1. The number of rotatable bonds is 4. The quantitative estimate of drug-likeness (QED) is 0.586. The third-order valence-corrected chi connectivity index (χ3v) is 1.67. The Bertz CT molecular complexity index is 271. The number of nitrogens with one attached hydrogen (secondary N) is 1. The summed E-state index contributed by atoms with van der Waals surface area (Å²) in [6, 6.07) is 5.68. The zero-order valence-electron chi connectivity index (χ0n) is 6.90. The average molecular weight is 180 g/mol. The maximum atomic E-state index is 10.2. The Hall–Kier alpha value is -1.39. The molecule has 0 aromatic heterocycles. The summed E-state index contributed by atoms with van der Waals surface area (Å²) in [6.07, 6.45) is 1.99. The van der Waals surface area contributed by atoms with Crippen molar-refractivity contribution in [2.24, 2.45) is 0 Å². The van der Waals surface area contributed by atoms with Gasteiger partial charge in [-0.3, -0.25) is 4.79 Å². The van der Waals surface area contributed by atoms with Crippen LogP contribution in [0.25, 0.3) is 0 Å². The topological polar surface area (TPSA) is 69.6 Å². The molecule has 0 saturated carbocycles. The van der Waals surface area contributed by atoms with Gasteiger partial charge in [-0.05, 0) is 24.1 Å². The molecule has 1 aromatic rings. The van der Waals surface area contributed by atoms with Gasteiger partial charge in [-0.15, -0.1) is 0 Å². The lowest BCUT2D eigenvalue weighted by molar-refractivity contribution is 0.148. The molecule has 0 aliphatic rings. The zero-order valence-corrected chi connectivity index (χ0v) is 6.90. The Kier molecular flexibility index (Phi) is 3.42. The summed E-state index contributed by atoms with van der Waals surface area (Å²) in [4.78, 5) is 10.2. The number of hydrogen-bond donors (Lipinski definition) is 3. The molecule has 0 fully saturated rings. The van der Waals surface area contributed by atoms with E-state index < -0.39 is 6.04 Å². The first-order valence-electron chi connectivity index (χ1n) is 3.81. The fourth-order valence-electron chi connectivity index (χ4n) is 0.981. The van der Waals surface area contributed by atoms with Gasteiger partial charge in [0.1, 0.15) is 11.8 Å². The normalized spacial score (nSPS) is 12.4. The van der Waals surface area contributed by atoms with E-state index in [2.05, 4.69) is 0 Å². The van der Waals surface area contributed by atoms with Gasteiger partial charge < -0.3 is 10.3 Å². The Balaban J connectivity index is 2.63. The Morgan fingerprint density at radius 3 is 2.46 bits per heavy atom. The van der Waals surface area contributed by atoms with Gasteiger partial charge in [0.05, 0.1) is 0 Å². The number of phenolic OH excluding ortho intramolecular Hbond substituents is 1. The summed E-state index contributed by atoms with van der Waals surface area (Å²) >= 11 is 0. The van der Waals surface area contributed by atoms with Crippen LogP contribution in [0, 0.1) is 0 Å². The molecule has 0 saturated heterocycles. The monoisotopic (exact) mass is 180 g/mol. The molecular formula is C9H10NO3. The van der Waals surface area contributed by atoms with E-state index in [-0.39, 0.29) is 5.75 Å². The molecule has 1 aromatic carbocycles. The van der Waals surface area contributed by atoms with Crippen molar-refractivity contribution in [2.45, 2.75) is 12.5 Å². The molecule has 1 unspecified atom stereocenters. The van der Waals surface area contributed by atoms with Crippen molar-refractivity contribution in [1.29, 1.82) is 0 Å². The predicted molar refractivity (Wildman–Crippen MR) is 46.2 cm³/mol. The number of phenols is 1. The van der Waals surface area contributed by atoms with Crippen LogP contribution in [0.1, 0.15) is 5.56 Å². The van der Waals surface area contributed by atoms with Crippen LogP contribution in [0.4, 0.5) is 0 Å². The highest BCUT2D eigenvalue weighted by molar-refractivity contribution is 5.59. The highest BCUT2D eigenvalue weighted by Gasteiger charge is 2.06. The first-order valence-corrected chi connectivity index (χ1v) is 3.81. The highest BCUT2D eigenvalue weighted by Crippen LogP contribution is 2.10. The van der Waals surface area contributed by atoms with Gasteiger partial charge >= 0.3 is 0 Å². The maximum absolute atomic E-state index is 10.2. The van der Waals surface area contributed by atoms with Crippen LogP contribution < -0.4 is 5.48 Å². The summed E-state index contributed by atoms with van der Waals surface area (Å²) in [5.74, 6) is 0.173. The largest absolute Gasteiger partial charge is 0.508 e. The third-order valence-electron chi connectivity index (χ3n) is 1.67. The molecule has 1 atom stereocenters. The van der Waals surface area contributed by atoms with E-state index in [1.54, 1.807) is 18.4 Å². The van der Waals surface area contributed by atoms with Gasteiger partial charge in [-0.25, -0.2) is 0 Å². The summed E-state index contributed by atoms with van der Waals surface area (Å²) in [7, 11) is 0. The fourth-order valence-corrected chi connectivity index (χ4v) is 0.981. The third kappa shape index (κ3) is 2.85. The Morgan fingerprint density at radius 1 is 1.38 bits per heavy atom. The number of carbonyl (C=O) groups excluding carboxylic acids is 1. The summed E-state index contributed by atoms with van der Waals surface area (Å²) in [5.41, 5.74) is 2.67. The van der Waals surface area contributed by atoms with E-state index in [0.717, 1.165) is 5.56 Å². The standard InChI is InChI=1S/C9H10NO3/c11-6-8(10-13)5-7-1-3-9(12)4-2-7/h1-4,8,10,12-13H,5H2. The van der Waals surface area contributed by atoms with Crippen LogP contribution in [0.3, 0.4) is 0 Å². The molecule has 0 amide bonds. The first kappa shape index (κ1) is 9.70. The molecule has 4 nitrogen and oxygen atoms in total. The van der Waals surface area contributed by atoms with Crippen molar-refractivity contribution >= 4 is 6.29 Å². The van der Waals surface area contributed by atoms with Crippen LogP contribution in [-0.2, 0) is 11.2 Å². The molecule has 69 valence electrons. The summed E-state index contributed by atoms with van der Waals surface area (Å²) in [6.45, 7) is 0. The molecule has 0 heterocycles. The molecule has 1 radical (unpaired) electrons. The van der Waals surface area contributed by atoms with E-state index in [1.807, 2.05) is 5.48 Å². The maximum Gasteiger partial charge on any atom is 0.219 e. The SMILES string of the molecule is O=[C]C(Cc1ccc(O)cc1)NO.